The highest BCUT2D eigenvalue weighted by molar-refractivity contribution is 6.82. The summed E-state index contributed by atoms with van der Waals surface area (Å²) in [6.07, 6.45) is 7.97. The van der Waals surface area contributed by atoms with Gasteiger partial charge in [0.1, 0.15) is 37.9 Å². The average Bonchev–Trinajstić information content (AvgIpc) is 1.35. The first kappa shape index (κ1) is 55.6. The van der Waals surface area contributed by atoms with Gasteiger partial charge in [-0.3, -0.25) is 9.59 Å². The van der Waals surface area contributed by atoms with Gasteiger partial charge in [0.25, 0.3) is 0 Å². The molecule has 0 atom stereocenters. The number of carbonyl (C=O) groups is 2. The van der Waals surface area contributed by atoms with E-state index in [0.717, 1.165) is 22.3 Å². The lowest BCUT2D eigenvalue weighted by atomic mass is 9.68. The van der Waals surface area contributed by atoms with Crippen molar-refractivity contribution in [1.82, 2.24) is 0 Å². The molecule has 5 aliphatic carbocycles. The quantitative estimate of drug-likeness (QED) is 0.0713. The Hall–Kier alpha value is -12.8. The van der Waals surface area contributed by atoms with E-state index in [2.05, 4.69) is 0 Å². The number of benzene rings is 21. The number of ether oxygens (including phenoxy) is 12. The third-order valence-electron chi connectivity index (χ3n) is 32.5. The number of esters is 2. The van der Waals surface area contributed by atoms with Crippen LogP contribution < -0.4 is 28.4 Å². The van der Waals surface area contributed by atoms with Crippen LogP contribution >= 0.6 is 0 Å². The second kappa shape index (κ2) is 16.1. The summed E-state index contributed by atoms with van der Waals surface area (Å²) in [5, 5.41) is 76.7. The molecule has 31 aromatic rings. The summed E-state index contributed by atoms with van der Waals surface area (Å²) >= 11 is 0. The normalized spacial score (nSPS) is 21.7. The summed E-state index contributed by atoms with van der Waals surface area (Å²) in [4.78, 5) is 35.8. The molecule has 115 heavy (non-hydrogen) atoms. The van der Waals surface area contributed by atoms with Crippen LogP contribution in [0.4, 0.5) is 0 Å². The highest BCUT2D eigenvalue weighted by Gasteiger charge is 3.01. The van der Waals surface area contributed by atoms with Crippen molar-refractivity contribution < 1.29 is 66.4 Å². The molecule has 7 aliphatic rings. The average molecular weight is 1490 g/mol. The molecule has 14 nitrogen and oxygen atoms in total. The van der Waals surface area contributed by atoms with Gasteiger partial charge in [-0.25, -0.2) is 0 Å². The molecule has 14 heteroatoms. The molecular formula is C101H48O14. The van der Waals surface area contributed by atoms with Crippen LogP contribution in [0.15, 0.2) is 48.5 Å². The van der Waals surface area contributed by atoms with Gasteiger partial charge in [0.2, 0.25) is 0 Å². The number of methoxy groups -OCH3 is 4. The monoisotopic (exact) mass is 1480 g/mol. The van der Waals surface area contributed by atoms with Crippen LogP contribution in [-0.4, -0.2) is 120 Å². The Morgan fingerprint density at radius 3 is 0.635 bits per heavy atom. The Bertz CT molecular complexity index is 8820. The molecule has 0 amide bonds. The maximum atomic E-state index is 17.9. The summed E-state index contributed by atoms with van der Waals surface area (Å²) in [6, 6.07) is 15.5. The first-order valence-corrected chi connectivity index (χ1v) is 40.6. The van der Waals surface area contributed by atoms with Crippen LogP contribution in [0.2, 0.25) is 0 Å². The Balaban J connectivity index is 0.561. The lowest BCUT2D eigenvalue weighted by Crippen LogP contribution is -2.39. The van der Waals surface area contributed by atoms with E-state index < -0.39 is 28.2 Å². The van der Waals surface area contributed by atoms with Gasteiger partial charge in [0.05, 0.1) is 92.1 Å². The van der Waals surface area contributed by atoms with Crippen molar-refractivity contribution in [1.29, 1.82) is 0 Å². The van der Waals surface area contributed by atoms with Gasteiger partial charge < -0.3 is 56.8 Å². The number of hydrogen-bond acceptors (Lipinski definition) is 14. The lowest BCUT2D eigenvalue weighted by molar-refractivity contribution is -0.168. The summed E-state index contributed by atoms with van der Waals surface area (Å²) in [5.41, 5.74) is 3.61. The van der Waals surface area contributed by atoms with Crippen LogP contribution in [0.5, 0.6) is 34.5 Å². The van der Waals surface area contributed by atoms with E-state index in [1.807, 2.05) is 72.8 Å². The Kier molecular flexibility index (Phi) is 7.78. The van der Waals surface area contributed by atoms with Crippen LogP contribution in [-0.2, 0) is 48.8 Å². The molecular weight excluding hydrogens is 1440 g/mol. The second-order valence-corrected chi connectivity index (χ2v) is 35.2. The van der Waals surface area contributed by atoms with E-state index in [1.54, 1.807) is 28.4 Å². The zero-order valence-corrected chi connectivity index (χ0v) is 61.6. The molecule has 0 unspecified atom stereocenters. The van der Waals surface area contributed by atoms with Crippen LogP contribution in [0.25, 0.3) is 315 Å². The van der Waals surface area contributed by atoms with E-state index in [4.69, 9.17) is 56.8 Å². The van der Waals surface area contributed by atoms with Crippen molar-refractivity contribution >= 4 is 327 Å². The van der Waals surface area contributed by atoms with Crippen LogP contribution in [0.3, 0.4) is 0 Å². The largest absolute Gasteiger partial charge is 0.496 e. The third-order valence-corrected chi connectivity index (χ3v) is 32.5. The predicted octanol–water partition coefficient (Wildman–Crippen LogP) is 21.3. The van der Waals surface area contributed by atoms with E-state index in [9.17, 15) is 0 Å². The van der Waals surface area contributed by atoms with Crippen molar-refractivity contribution in [2.75, 3.05) is 108 Å². The standard InChI is InChI=1S/C101H48O14/c1-104-33-11-7-29-5-9-31-27-36(107-4)32(28-35(31)106-3)10-6-30-8-12-34(105-2)38(26-30)113-22-18-109-14-16-111-20-24-115-98(103)101(97(102)114-23-19-110-15-13-108-17-21-112-37(33)25-29)99-93-85-77-67-57-49-41-39-40-43-47-45(41)53-61-55(47)65-59-51(43)52-44(40)48-46-42(39)50(49)58-64-54(46)62-56(48)66-60(52)70-69(59)79-73(65)83-75(61)81(71(77)63(53)57)89(93)91(83)95-87(79)88-80(70)74(66)84-76(62)82-72(64)78(68(58)67)86(85)94(99)90(82)92(84)96(88)100(95,99)101/h5-12,25-28H,13-24H2,1-4H3. The molecule has 2 aliphatic heterocycles. The van der Waals surface area contributed by atoms with E-state index in [1.165, 1.54) is 313 Å². The van der Waals surface area contributed by atoms with Crippen molar-refractivity contribution in [3.63, 3.8) is 0 Å². The van der Waals surface area contributed by atoms with Crippen LogP contribution in [0, 0.1) is 5.41 Å². The summed E-state index contributed by atoms with van der Waals surface area (Å²) < 4.78 is 75.7. The van der Waals surface area contributed by atoms with Gasteiger partial charge in [0, 0.05) is 11.1 Å². The summed E-state index contributed by atoms with van der Waals surface area (Å²) in [7, 11) is 6.57. The molecule has 1 fully saturated rings. The predicted molar refractivity (Wildman–Crippen MR) is 456 cm³/mol. The fourth-order valence-corrected chi connectivity index (χ4v) is 30.3. The molecule has 6 bridgehead atoms. The van der Waals surface area contributed by atoms with Gasteiger partial charge in [-0.05, 0) is 361 Å². The molecule has 0 radical (unpaired) electrons. The Morgan fingerprint density at radius 1 is 0.217 bits per heavy atom. The Morgan fingerprint density at radius 2 is 0.417 bits per heavy atom. The maximum Gasteiger partial charge on any atom is 0.326 e. The number of rotatable bonds is 4. The molecule has 0 saturated heterocycles. The van der Waals surface area contributed by atoms with E-state index in [0.29, 0.717) is 34.5 Å². The third kappa shape index (κ3) is 4.43. The highest BCUT2D eigenvalue weighted by atomic mass is 16.6. The second-order valence-electron chi connectivity index (χ2n) is 35.2. The number of carbonyl (C=O) groups excluding carboxylic acids is 2. The molecule has 536 valence electrons. The highest BCUT2D eigenvalue weighted by Crippen LogP contribution is 2.97. The van der Waals surface area contributed by atoms with Gasteiger partial charge in [0.15, 0.2) is 28.4 Å². The SMILES string of the molecule is COc1cc2c(OC)cc1C=Cc1ccc(OC)c(c1)OCCOCCOCCOC(=O)C1(C(=O)OCCOCCOCCOc3cc(ccc3OC)C=C2)C23c4c5c6c7c8c9c(c%10c%11c2c2c4c4c%12c5c5c6c6c8c8c%13c9c9c%10c%10c%11c%11c2c2c4c4c%12c%12c5c5c6c8c6c8c%13c9c9c%10c%10c%11c2c2c4c4c%12c5c6c5c8c9c%10c2c45)C713. The van der Waals surface area contributed by atoms with Gasteiger partial charge >= 0.3 is 11.9 Å². The summed E-state index contributed by atoms with van der Waals surface area (Å²) in [6.45, 7) is 2.02. The molecule has 38 rings (SSSR count). The van der Waals surface area contributed by atoms with Gasteiger partial charge in [-0.1, -0.05) is 36.4 Å². The minimum atomic E-state index is -1.95. The topological polar surface area (TPSA) is 145 Å². The van der Waals surface area contributed by atoms with Crippen molar-refractivity contribution in [2.24, 2.45) is 5.41 Å². The number of fused-ring (bicyclic) bond motifs is 22. The molecule has 0 aromatic heterocycles. The molecule has 3 spiro atoms. The van der Waals surface area contributed by atoms with E-state index in [-0.39, 0.29) is 79.3 Å². The molecule has 2 heterocycles. The zero-order chi connectivity index (χ0) is 73.4. The minimum Gasteiger partial charge on any atom is -0.496 e. The van der Waals surface area contributed by atoms with E-state index >= 15 is 9.59 Å². The zero-order valence-electron chi connectivity index (χ0n) is 61.6. The lowest BCUT2D eigenvalue weighted by Gasteiger charge is -2.32. The maximum absolute atomic E-state index is 17.9. The van der Waals surface area contributed by atoms with Crippen molar-refractivity contribution in [3.8, 4) is 34.5 Å². The van der Waals surface area contributed by atoms with Crippen molar-refractivity contribution in [2.45, 2.75) is 10.8 Å². The fourth-order valence-electron chi connectivity index (χ4n) is 30.3. The van der Waals surface area contributed by atoms with Gasteiger partial charge in [-0.15, -0.1) is 0 Å². The van der Waals surface area contributed by atoms with Crippen molar-refractivity contribution in [3.05, 3.63) is 93.0 Å². The minimum absolute atomic E-state index is 0.0779. The number of hydrogen-bond donors (Lipinski definition) is 0. The summed E-state index contributed by atoms with van der Waals surface area (Å²) in [5.74, 6) is 2.55. The smallest absolute Gasteiger partial charge is 0.326 e. The molecule has 0 N–H and O–H groups in total. The molecule has 1 saturated carbocycles. The fraction of sp³-hybridized carbons (Fsp3) is 0.188. The first-order chi connectivity index (χ1) is 56.9. The Labute approximate surface area is 641 Å². The molecule has 31 aromatic carbocycles. The van der Waals surface area contributed by atoms with Gasteiger partial charge in [-0.2, -0.15) is 0 Å². The van der Waals surface area contributed by atoms with Crippen LogP contribution in [0.1, 0.15) is 44.5 Å². The first-order valence-electron chi connectivity index (χ1n) is 40.6.